The first-order valence-electron chi connectivity index (χ1n) is 4.75. The third-order valence-electron chi connectivity index (χ3n) is 4.30. The quantitative estimate of drug-likeness (QED) is 0.622. The standard InChI is InChI=1S/C9H11F3O/c10-9(11,12)8(13)6-1-2-7(8)5-3-4(5)6/h4-7,13H,1-3H2/t4-,5+,6+,7-,8?. The second-order valence-electron chi connectivity index (χ2n) is 4.68. The topological polar surface area (TPSA) is 20.2 Å². The van der Waals surface area contributed by atoms with Gasteiger partial charge in [0.1, 0.15) is 0 Å². The van der Waals surface area contributed by atoms with Gasteiger partial charge in [-0.1, -0.05) is 0 Å². The van der Waals surface area contributed by atoms with Crippen molar-refractivity contribution in [3.63, 3.8) is 0 Å². The molecule has 3 fully saturated rings. The lowest BCUT2D eigenvalue weighted by Crippen LogP contribution is -2.51. The minimum absolute atomic E-state index is 0.186. The van der Waals surface area contributed by atoms with Gasteiger partial charge in [0.25, 0.3) is 0 Å². The minimum atomic E-state index is -4.41. The minimum Gasteiger partial charge on any atom is -0.380 e. The Morgan fingerprint density at radius 1 is 1.08 bits per heavy atom. The number of hydrogen-bond acceptors (Lipinski definition) is 1. The fourth-order valence-corrected chi connectivity index (χ4v) is 3.74. The van der Waals surface area contributed by atoms with E-state index in [4.69, 9.17) is 0 Å². The largest absolute Gasteiger partial charge is 0.417 e. The van der Waals surface area contributed by atoms with E-state index in [-0.39, 0.29) is 11.8 Å². The van der Waals surface area contributed by atoms with Gasteiger partial charge in [0.2, 0.25) is 0 Å². The van der Waals surface area contributed by atoms with Crippen molar-refractivity contribution in [2.75, 3.05) is 0 Å². The summed E-state index contributed by atoms with van der Waals surface area (Å²) in [5.74, 6) is -0.597. The second-order valence-corrected chi connectivity index (χ2v) is 4.68. The Labute approximate surface area is 73.9 Å². The van der Waals surface area contributed by atoms with E-state index in [1.807, 2.05) is 0 Å². The molecule has 0 aromatic rings. The van der Waals surface area contributed by atoms with Gasteiger partial charge >= 0.3 is 6.18 Å². The summed E-state index contributed by atoms with van der Waals surface area (Å²) in [7, 11) is 0. The maximum Gasteiger partial charge on any atom is 0.417 e. The molecule has 3 aliphatic rings. The van der Waals surface area contributed by atoms with Crippen LogP contribution in [0.4, 0.5) is 13.2 Å². The monoisotopic (exact) mass is 192 g/mol. The predicted octanol–water partition coefficient (Wildman–Crippen LogP) is 1.96. The van der Waals surface area contributed by atoms with Crippen LogP contribution in [0, 0.1) is 23.7 Å². The van der Waals surface area contributed by atoms with Crippen LogP contribution in [0.25, 0.3) is 0 Å². The number of alkyl halides is 3. The molecule has 3 aliphatic carbocycles. The van der Waals surface area contributed by atoms with Gasteiger partial charge in [-0.25, -0.2) is 0 Å². The molecule has 1 N–H and O–H groups in total. The van der Waals surface area contributed by atoms with Crippen molar-refractivity contribution in [1.29, 1.82) is 0 Å². The Kier molecular flexibility index (Phi) is 1.18. The van der Waals surface area contributed by atoms with Crippen LogP contribution in [0.1, 0.15) is 19.3 Å². The zero-order chi connectivity index (χ0) is 9.43. The summed E-state index contributed by atoms with van der Waals surface area (Å²) in [4.78, 5) is 0. The Bertz CT molecular complexity index is 244. The Morgan fingerprint density at radius 2 is 1.54 bits per heavy atom. The molecule has 0 spiro atoms. The summed E-state index contributed by atoms with van der Waals surface area (Å²) in [6.07, 6.45) is -2.34. The molecule has 4 heteroatoms. The molecule has 1 unspecified atom stereocenters. The summed E-state index contributed by atoms with van der Waals surface area (Å²) in [5, 5.41) is 9.70. The van der Waals surface area contributed by atoms with E-state index in [0.29, 0.717) is 12.8 Å². The molecule has 2 bridgehead atoms. The van der Waals surface area contributed by atoms with E-state index in [0.717, 1.165) is 6.42 Å². The SMILES string of the molecule is OC1(C(F)(F)F)[C@@H]2CC[C@H]1[C@@H]1C[C@@H]12. The molecule has 3 saturated carbocycles. The van der Waals surface area contributed by atoms with Gasteiger partial charge < -0.3 is 5.11 Å². The number of hydrogen-bond donors (Lipinski definition) is 1. The molecule has 0 aromatic carbocycles. The van der Waals surface area contributed by atoms with Crippen LogP contribution in [-0.2, 0) is 0 Å². The Balaban J connectivity index is 2.02. The van der Waals surface area contributed by atoms with Gasteiger partial charge in [0, 0.05) is 11.8 Å². The fourth-order valence-electron chi connectivity index (χ4n) is 3.74. The number of aliphatic hydroxyl groups is 1. The van der Waals surface area contributed by atoms with Crippen LogP contribution in [0.5, 0.6) is 0 Å². The fraction of sp³-hybridized carbons (Fsp3) is 1.00. The van der Waals surface area contributed by atoms with Crippen LogP contribution >= 0.6 is 0 Å². The molecule has 0 saturated heterocycles. The molecule has 0 aromatic heterocycles. The summed E-state index contributed by atoms with van der Waals surface area (Å²) in [6.45, 7) is 0. The van der Waals surface area contributed by atoms with Crippen molar-refractivity contribution in [3.8, 4) is 0 Å². The van der Waals surface area contributed by atoms with Crippen molar-refractivity contribution in [2.24, 2.45) is 23.7 Å². The van der Waals surface area contributed by atoms with Crippen molar-refractivity contribution < 1.29 is 18.3 Å². The van der Waals surface area contributed by atoms with E-state index in [1.54, 1.807) is 0 Å². The third-order valence-corrected chi connectivity index (χ3v) is 4.30. The van der Waals surface area contributed by atoms with Crippen LogP contribution in [0.3, 0.4) is 0 Å². The van der Waals surface area contributed by atoms with E-state index in [9.17, 15) is 18.3 Å². The predicted molar refractivity (Wildman–Crippen MR) is 38.8 cm³/mol. The van der Waals surface area contributed by atoms with Gasteiger partial charge in [0.15, 0.2) is 5.60 Å². The summed E-state index contributed by atoms with van der Waals surface area (Å²) < 4.78 is 37.9. The molecule has 0 heterocycles. The molecule has 0 amide bonds. The number of halogens is 3. The highest BCUT2D eigenvalue weighted by molar-refractivity contribution is 5.21. The zero-order valence-corrected chi connectivity index (χ0v) is 7.01. The van der Waals surface area contributed by atoms with Crippen LogP contribution in [-0.4, -0.2) is 16.9 Å². The Hall–Kier alpha value is -0.250. The highest BCUT2D eigenvalue weighted by Gasteiger charge is 2.78. The van der Waals surface area contributed by atoms with E-state index < -0.39 is 23.6 Å². The van der Waals surface area contributed by atoms with Crippen molar-refractivity contribution in [2.45, 2.75) is 31.0 Å². The average molecular weight is 192 g/mol. The van der Waals surface area contributed by atoms with Gasteiger partial charge in [-0.15, -0.1) is 0 Å². The summed E-state index contributed by atoms with van der Waals surface area (Å²) in [5.41, 5.74) is -2.32. The van der Waals surface area contributed by atoms with Crippen molar-refractivity contribution in [3.05, 3.63) is 0 Å². The molecule has 74 valence electrons. The maximum atomic E-state index is 12.6. The van der Waals surface area contributed by atoms with Gasteiger partial charge in [0.05, 0.1) is 0 Å². The van der Waals surface area contributed by atoms with Crippen molar-refractivity contribution in [1.82, 2.24) is 0 Å². The molecular formula is C9H11F3O. The van der Waals surface area contributed by atoms with Crippen LogP contribution in [0.2, 0.25) is 0 Å². The molecule has 0 radical (unpaired) electrons. The van der Waals surface area contributed by atoms with Gasteiger partial charge in [-0.3, -0.25) is 0 Å². The molecule has 3 rings (SSSR count). The van der Waals surface area contributed by atoms with E-state index >= 15 is 0 Å². The first-order valence-corrected chi connectivity index (χ1v) is 4.75. The first kappa shape index (κ1) is 8.09. The third kappa shape index (κ3) is 0.707. The number of rotatable bonds is 0. The molecule has 13 heavy (non-hydrogen) atoms. The van der Waals surface area contributed by atoms with Crippen molar-refractivity contribution >= 4 is 0 Å². The van der Waals surface area contributed by atoms with Crippen LogP contribution in [0.15, 0.2) is 0 Å². The average Bonchev–Trinajstić information content (AvgIpc) is 2.68. The normalized spacial score (nSPS) is 58.2. The molecule has 1 nitrogen and oxygen atoms in total. The molecular weight excluding hydrogens is 181 g/mol. The van der Waals surface area contributed by atoms with E-state index in [2.05, 4.69) is 0 Å². The zero-order valence-electron chi connectivity index (χ0n) is 7.01. The number of fused-ring (bicyclic) bond motifs is 5. The Morgan fingerprint density at radius 3 is 1.85 bits per heavy atom. The lowest BCUT2D eigenvalue weighted by atomic mass is 9.86. The molecule has 0 aliphatic heterocycles. The van der Waals surface area contributed by atoms with Gasteiger partial charge in [-0.05, 0) is 31.1 Å². The lowest BCUT2D eigenvalue weighted by Gasteiger charge is -2.33. The molecule has 5 atom stereocenters. The first-order chi connectivity index (χ1) is 5.96. The lowest BCUT2D eigenvalue weighted by molar-refractivity contribution is -0.282. The van der Waals surface area contributed by atoms with Crippen LogP contribution < -0.4 is 0 Å². The highest BCUT2D eigenvalue weighted by Crippen LogP contribution is 2.72. The maximum absolute atomic E-state index is 12.6. The van der Waals surface area contributed by atoms with Gasteiger partial charge in [-0.2, -0.15) is 13.2 Å². The summed E-state index contributed by atoms with van der Waals surface area (Å²) in [6, 6.07) is 0. The highest BCUT2D eigenvalue weighted by atomic mass is 19.4. The second kappa shape index (κ2) is 1.90. The smallest absolute Gasteiger partial charge is 0.380 e. The van der Waals surface area contributed by atoms with E-state index in [1.165, 1.54) is 0 Å². The summed E-state index contributed by atoms with van der Waals surface area (Å²) >= 11 is 0.